The molecule has 1 aromatic heterocycles. The molecule has 3 rings (SSSR count). The number of hydrogen-bond donors (Lipinski definition) is 1. The summed E-state index contributed by atoms with van der Waals surface area (Å²) >= 11 is 0. The SMILES string of the molecule is CN(CC1(O)CCCC1)c1nc2ccccc2cc1C#N. The first-order valence-electron chi connectivity index (χ1n) is 7.35. The lowest BCUT2D eigenvalue weighted by Crippen LogP contribution is -2.39. The van der Waals surface area contributed by atoms with E-state index < -0.39 is 5.60 Å². The smallest absolute Gasteiger partial charge is 0.147 e. The maximum Gasteiger partial charge on any atom is 0.147 e. The van der Waals surface area contributed by atoms with E-state index in [0.717, 1.165) is 36.6 Å². The highest BCUT2D eigenvalue weighted by Crippen LogP contribution is 2.32. The predicted molar refractivity (Wildman–Crippen MR) is 83.1 cm³/mol. The van der Waals surface area contributed by atoms with Crippen molar-refractivity contribution in [2.75, 3.05) is 18.5 Å². The van der Waals surface area contributed by atoms with Gasteiger partial charge in [-0.3, -0.25) is 0 Å². The van der Waals surface area contributed by atoms with Crippen LogP contribution >= 0.6 is 0 Å². The van der Waals surface area contributed by atoms with Crippen molar-refractivity contribution in [3.63, 3.8) is 0 Å². The maximum absolute atomic E-state index is 10.5. The van der Waals surface area contributed by atoms with Crippen molar-refractivity contribution in [1.29, 1.82) is 5.26 Å². The van der Waals surface area contributed by atoms with Crippen LogP contribution in [0.25, 0.3) is 10.9 Å². The standard InChI is InChI=1S/C17H19N3O/c1-20(12-17(21)8-4-5-9-17)16-14(11-18)10-13-6-2-3-7-15(13)19-16/h2-3,6-7,10,21H,4-5,8-9,12H2,1H3. The van der Waals surface area contributed by atoms with Gasteiger partial charge in [0.15, 0.2) is 0 Å². The number of benzene rings is 1. The van der Waals surface area contributed by atoms with E-state index in [-0.39, 0.29) is 0 Å². The zero-order valence-electron chi connectivity index (χ0n) is 12.2. The van der Waals surface area contributed by atoms with Crippen LogP contribution in [0.5, 0.6) is 0 Å². The van der Waals surface area contributed by atoms with Gasteiger partial charge in [-0.05, 0) is 25.0 Å². The average Bonchev–Trinajstić information content (AvgIpc) is 2.92. The van der Waals surface area contributed by atoms with E-state index >= 15 is 0 Å². The summed E-state index contributed by atoms with van der Waals surface area (Å²) in [7, 11) is 1.90. The number of pyridine rings is 1. The minimum Gasteiger partial charge on any atom is -0.388 e. The molecule has 1 saturated carbocycles. The van der Waals surface area contributed by atoms with Gasteiger partial charge >= 0.3 is 0 Å². The highest BCUT2D eigenvalue weighted by molar-refractivity contribution is 5.83. The number of likely N-dealkylation sites (N-methyl/N-ethyl adjacent to an activating group) is 1. The number of anilines is 1. The van der Waals surface area contributed by atoms with Crippen LogP contribution in [0.3, 0.4) is 0 Å². The largest absolute Gasteiger partial charge is 0.388 e. The molecular formula is C17H19N3O. The fourth-order valence-electron chi connectivity index (χ4n) is 3.19. The Kier molecular flexibility index (Phi) is 3.52. The van der Waals surface area contributed by atoms with E-state index in [4.69, 9.17) is 0 Å². The molecule has 0 radical (unpaired) electrons. The molecule has 21 heavy (non-hydrogen) atoms. The number of aliphatic hydroxyl groups is 1. The Bertz CT molecular complexity index is 699. The summed E-state index contributed by atoms with van der Waals surface area (Å²) in [5.74, 6) is 0.650. The molecule has 1 N–H and O–H groups in total. The van der Waals surface area contributed by atoms with Gasteiger partial charge < -0.3 is 10.0 Å². The maximum atomic E-state index is 10.5. The van der Waals surface area contributed by atoms with E-state index in [9.17, 15) is 10.4 Å². The van der Waals surface area contributed by atoms with Gasteiger partial charge in [0.25, 0.3) is 0 Å². The van der Waals surface area contributed by atoms with Crippen molar-refractivity contribution in [2.24, 2.45) is 0 Å². The molecule has 0 unspecified atom stereocenters. The monoisotopic (exact) mass is 281 g/mol. The van der Waals surface area contributed by atoms with Crippen molar-refractivity contribution < 1.29 is 5.11 Å². The van der Waals surface area contributed by atoms with Gasteiger partial charge in [-0.2, -0.15) is 5.26 Å². The van der Waals surface area contributed by atoms with E-state index in [1.165, 1.54) is 0 Å². The number of rotatable bonds is 3. The highest BCUT2D eigenvalue weighted by Gasteiger charge is 2.33. The summed E-state index contributed by atoms with van der Waals surface area (Å²) in [5.41, 5.74) is 0.781. The first-order valence-corrected chi connectivity index (χ1v) is 7.35. The third-order valence-electron chi connectivity index (χ3n) is 4.25. The summed E-state index contributed by atoms with van der Waals surface area (Å²) in [6.07, 6.45) is 3.79. The van der Waals surface area contributed by atoms with Gasteiger partial charge in [0.1, 0.15) is 11.9 Å². The first kappa shape index (κ1) is 13.8. The zero-order chi connectivity index (χ0) is 14.9. The van der Waals surface area contributed by atoms with Crippen LogP contribution in [-0.2, 0) is 0 Å². The number of para-hydroxylation sites is 1. The van der Waals surface area contributed by atoms with Crippen LogP contribution in [0.4, 0.5) is 5.82 Å². The van der Waals surface area contributed by atoms with Crippen LogP contribution in [0.15, 0.2) is 30.3 Å². The van der Waals surface area contributed by atoms with Crippen molar-refractivity contribution in [3.05, 3.63) is 35.9 Å². The molecule has 1 heterocycles. The lowest BCUT2D eigenvalue weighted by Gasteiger charge is -2.29. The molecule has 108 valence electrons. The van der Waals surface area contributed by atoms with Crippen molar-refractivity contribution in [1.82, 2.24) is 4.98 Å². The number of nitriles is 1. The van der Waals surface area contributed by atoms with Gasteiger partial charge in [0.2, 0.25) is 0 Å². The van der Waals surface area contributed by atoms with Gasteiger partial charge in [0.05, 0.1) is 16.7 Å². The molecule has 0 spiro atoms. The second-order valence-corrected chi connectivity index (χ2v) is 5.95. The van der Waals surface area contributed by atoms with Gasteiger partial charge in [-0.1, -0.05) is 31.0 Å². The fourth-order valence-corrected chi connectivity index (χ4v) is 3.19. The molecule has 0 amide bonds. The Morgan fingerprint density at radius 3 is 2.76 bits per heavy atom. The number of nitrogens with zero attached hydrogens (tertiary/aromatic N) is 3. The number of hydrogen-bond acceptors (Lipinski definition) is 4. The molecule has 0 aliphatic heterocycles. The molecule has 1 aliphatic rings. The van der Waals surface area contributed by atoms with Gasteiger partial charge in [0, 0.05) is 19.0 Å². The summed E-state index contributed by atoms with van der Waals surface area (Å²) in [4.78, 5) is 6.52. The number of aromatic nitrogens is 1. The highest BCUT2D eigenvalue weighted by atomic mass is 16.3. The lowest BCUT2D eigenvalue weighted by atomic mass is 10.0. The average molecular weight is 281 g/mol. The van der Waals surface area contributed by atoms with Crippen LogP contribution < -0.4 is 4.90 Å². The van der Waals surface area contributed by atoms with E-state index in [2.05, 4.69) is 11.1 Å². The Hall–Kier alpha value is -2.12. The van der Waals surface area contributed by atoms with E-state index in [0.29, 0.717) is 17.9 Å². The minimum atomic E-state index is -0.644. The van der Waals surface area contributed by atoms with Crippen molar-refractivity contribution in [3.8, 4) is 6.07 Å². The molecule has 0 atom stereocenters. The topological polar surface area (TPSA) is 60.1 Å². The van der Waals surface area contributed by atoms with Crippen molar-refractivity contribution >= 4 is 16.7 Å². The Morgan fingerprint density at radius 1 is 1.33 bits per heavy atom. The predicted octanol–water partition coefficient (Wildman–Crippen LogP) is 2.85. The second kappa shape index (κ2) is 5.34. The first-order chi connectivity index (χ1) is 10.1. The molecule has 1 fully saturated rings. The Balaban J connectivity index is 1.96. The molecule has 1 aliphatic carbocycles. The lowest BCUT2D eigenvalue weighted by molar-refractivity contribution is 0.0558. The number of fused-ring (bicyclic) bond motifs is 1. The molecule has 1 aromatic carbocycles. The summed E-state index contributed by atoms with van der Waals surface area (Å²) in [6, 6.07) is 11.9. The summed E-state index contributed by atoms with van der Waals surface area (Å²) < 4.78 is 0. The van der Waals surface area contributed by atoms with Crippen LogP contribution in [-0.4, -0.2) is 29.3 Å². The van der Waals surface area contributed by atoms with Crippen LogP contribution in [0.2, 0.25) is 0 Å². The molecule has 4 nitrogen and oxygen atoms in total. The molecule has 2 aromatic rings. The summed E-state index contributed by atoms with van der Waals surface area (Å²) in [5, 5.41) is 20.9. The van der Waals surface area contributed by atoms with Crippen LogP contribution in [0.1, 0.15) is 31.2 Å². The third kappa shape index (κ3) is 2.70. The van der Waals surface area contributed by atoms with E-state index in [1.807, 2.05) is 42.3 Å². The third-order valence-corrected chi connectivity index (χ3v) is 4.25. The second-order valence-electron chi connectivity index (χ2n) is 5.95. The molecular weight excluding hydrogens is 262 g/mol. The normalized spacial score (nSPS) is 16.8. The Morgan fingerprint density at radius 2 is 2.05 bits per heavy atom. The minimum absolute atomic E-state index is 0.521. The Labute approximate surface area is 124 Å². The van der Waals surface area contributed by atoms with Crippen molar-refractivity contribution in [2.45, 2.75) is 31.3 Å². The van der Waals surface area contributed by atoms with E-state index in [1.54, 1.807) is 0 Å². The van der Waals surface area contributed by atoms with Gasteiger partial charge in [-0.25, -0.2) is 4.98 Å². The molecule has 4 heteroatoms. The van der Waals surface area contributed by atoms with Crippen LogP contribution in [0, 0.1) is 11.3 Å². The molecule has 0 bridgehead atoms. The fraction of sp³-hybridized carbons (Fsp3) is 0.412. The zero-order valence-corrected chi connectivity index (χ0v) is 12.2. The molecule has 0 saturated heterocycles. The summed E-state index contributed by atoms with van der Waals surface area (Å²) in [6.45, 7) is 0.521. The van der Waals surface area contributed by atoms with Gasteiger partial charge in [-0.15, -0.1) is 0 Å². The quantitative estimate of drug-likeness (QED) is 0.939.